The zero-order valence-electron chi connectivity index (χ0n) is 9.37. The standard InChI is InChI=1S/C10H22N2S/c1-7(2)6-8(3)12(5)9(4)10(11)13/h7-9H,6H2,1-5H3,(H2,11,13). The molecule has 0 amide bonds. The third-order valence-electron chi connectivity index (χ3n) is 2.53. The fourth-order valence-corrected chi connectivity index (χ4v) is 1.60. The predicted molar refractivity (Wildman–Crippen MR) is 62.9 cm³/mol. The monoisotopic (exact) mass is 202 g/mol. The summed E-state index contributed by atoms with van der Waals surface area (Å²) in [5.41, 5.74) is 5.60. The van der Waals surface area contributed by atoms with E-state index in [9.17, 15) is 0 Å². The maximum atomic E-state index is 5.60. The molecule has 2 unspecified atom stereocenters. The minimum atomic E-state index is 0.198. The first-order chi connectivity index (χ1) is 5.86. The Morgan fingerprint density at radius 3 is 2.08 bits per heavy atom. The molecule has 0 bridgehead atoms. The third kappa shape index (κ3) is 4.58. The molecule has 0 aliphatic heterocycles. The van der Waals surface area contributed by atoms with Crippen LogP contribution in [0.25, 0.3) is 0 Å². The Kier molecular flexibility index (Phi) is 5.49. The Morgan fingerprint density at radius 1 is 1.31 bits per heavy atom. The smallest absolute Gasteiger partial charge is 0.0899 e. The molecule has 0 aliphatic carbocycles. The summed E-state index contributed by atoms with van der Waals surface area (Å²) in [6.45, 7) is 8.74. The highest BCUT2D eigenvalue weighted by Crippen LogP contribution is 2.12. The average molecular weight is 202 g/mol. The van der Waals surface area contributed by atoms with Crippen molar-refractivity contribution in [3.05, 3.63) is 0 Å². The molecule has 0 fully saturated rings. The maximum absolute atomic E-state index is 5.60. The molecule has 0 heterocycles. The second kappa shape index (κ2) is 5.55. The van der Waals surface area contributed by atoms with Crippen LogP contribution in [-0.4, -0.2) is 29.0 Å². The van der Waals surface area contributed by atoms with Gasteiger partial charge in [0.25, 0.3) is 0 Å². The maximum Gasteiger partial charge on any atom is 0.0899 e. The molecule has 0 rings (SSSR count). The van der Waals surface area contributed by atoms with Gasteiger partial charge in [-0.1, -0.05) is 26.1 Å². The lowest BCUT2D eigenvalue weighted by molar-refractivity contribution is 0.212. The van der Waals surface area contributed by atoms with Gasteiger partial charge in [0.15, 0.2) is 0 Å². The quantitative estimate of drug-likeness (QED) is 0.692. The molecular formula is C10H22N2S. The average Bonchev–Trinajstić information content (AvgIpc) is 2.00. The van der Waals surface area contributed by atoms with Gasteiger partial charge in [-0.3, -0.25) is 4.90 Å². The van der Waals surface area contributed by atoms with Crippen LogP contribution in [0.5, 0.6) is 0 Å². The summed E-state index contributed by atoms with van der Waals surface area (Å²) in [6.07, 6.45) is 1.18. The minimum absolute atomic E-state index is 0.198. The summed E-state index contributed by atoms with van der Waals surface area (Å²) in [4.78, 5) is 2.82. The molecule has 0 spiro atoms. The molecule has 0 aromatic carbocycles. The summed E-state index contributed by atoms with van der Waals surface area (Å²) in [5, 5.41) is 0. The highest BCUT2D eigenvalue weighted by Gasteiger charge is 2.18. The molecule has 0 saturated heterocycles. The number of hydrogen-bond acceptors (Lipinski definition) is 2. The zero-order valence-corrected chi connectivity index (χ0v) is 10.2. The number of nitrogens with two attached hydrogens (primary N) is 1. The van der Waals surface area contributed by atoms with Crippen molar-refractivity contribution in [1.29, 1.82) is 0 Å². The first kappa shape index (κ1) is 12.8. The van der Waals surface area contributed by atoms with Crippen LogP contribution in [0.1, 0.15) is 34.1 Å². The SMILES string of the molecule is CC(C)CC(C)N(C)C(C)C(N)=S. The van der Waals surface area contributed by atoms with E-state index in [1.807, 2.05) is 0 Å². The van der Waals surface area contributed by atoms with Gasteiger partial charge in [-0.15, -0.1) is 0 Å². The second-order valence-electron chi connectivity index (χ2n) is 4.22. The van der Waals surface area contributed by atoms with Crippen molar-refractivity contribution in [3.63, 3.8) is 0 Å². The number of rotatable bonds is 5. The molecule has 2 atom stereocenters. The van der Waals surface area contributed by atoms with Crippen LogP contribution in [0.4, 0.5) is 0 Å². The summed E-state index contributed by atoms with van der Waals surface area (Å²) in [6, 6.07) is 0.736. The number of hydrogen-bond donors (Lipinski definition) is 1. The van der Waals surface area contributed by atoms with E-state index in [-0.39, 0.29) is 6.04 Å². The lowest BCUT2D eigenvalue weighted by Crippen LogP contribution is -2.44. The van der Waals surface area contributed by atoms with E-state index in [0.717, 1.165) is 5.92 Å². The van der Waals surface area contributed by atoms with Crippen LogP contribution in [-0.2, 0) is 0 Å². The fourth-order valence-electron chi connectivity index (χ4n) is 1.43. The van der Waals surface area contributed by atoms with Crippen LogP contribution in [0, 0.1) is 5.92 Å². The molecule has 2 nitrogen and oxygen atoms in total. The van der Waals surface area contributed by atoms with E-state index in [4.69, 9.17) is 18.0 Å². The van der Waals surface area contributed by atoms with Gasteiger partial charge in [0.2, 0.25) is 0 Å². The number of likely N-dealkylation sites (N-methyl/N-ethyl adjacent to an activating group) is 1. The van der Waals surface area contributed by atoms with Crippen LogP contribution in [0.15, 0.2) is 0 Å². The molecule has 2 N–H and O–H groups in total. The van der Waals surface area contributed by atoms with Crippen molar-refractivity contribution in [1.82, 2.24) is 4.90 Å². The summed E-state index contributed by atoms with van der Waals surface area (Å²) in [5.74, 6) is 0.719. The van der Waals surface area contributed by atoms with Gasteiger partial charge in [-0.05, 0) is 33.2 Å². The third-order valence-corrected chi connectivity index (χ3v) is 2.87. The molecular weight excluding hydrogens is 180 g/mol. The number of nitrogens with zero attached hydrogens (tertiary/aromatic N) is 1. The van der Waals surface area contributed by atoms with E-state index in [1.165, 1.54) is 6.42 Å². The molecule has 78 valence electrons. The van der Waals surface area contributed by atoms with Crippen molar-refractivity contribution in [3.8, 4) is 0 Å². The topological polar surface area (TPSA) is 29.3 Å². The highest BCUT2D eigenvalue weighted by atomic mass is 32.1. The Morgan fingerprint density at radius 2 is 1.77 bits per heavy atom. The van der Waals surface area contributed by atoms with Crippen molar-refractivity contribution in [2.24, 2.45) is 11.7 Å². The summed E-state index contributed by atoms with van der Waals surface area (Å²) < 4.78 is 0. The lowest BCUT2D eigenvalue weighted by Gasteiger charge is -2.31. The first-order valence-corrected chi connectivity index (χ1v) is 5.28. The minimum Gasteiger partial charge on any atom is -0.392 e. The predicted octanol–water partition coefficient (Wildman–Crippen LogP) is 2.03. The van der Waals surface area contributed by atoms with Crippen molar-refractivity contribution in [2.45, 2.75) is 46.2 Å². The van der Waals surface area contributed by atoms with E-state index < -0.39 is 0 Å². The summed E-state index contributed by atoms with van der Waals surface area (Å²) in [7, 11) is 2.08. The normalized spacial score (nSPS) is 16.2. The van der Waals surface area contributed by atoms with Crippen LogP contribution in [0.3, 0.4) is 0 Å². The summed E-state index contributed by atoms with van der Waals surface area (Å²) >= 11 is 4.96. The van der Waals surface area contributed by atoms with Gasteiger partial charge < -0.3 is 5.73 Å². The van der Waals surface area contributed by atoms with Gasteiger partial charge in [-0.25, -0.2) is 0 Å². The molecule has 0 aliphatic rings. The van der Waals surface area contributed by atoms with Gasteiger partial charge in [0.05, 0.1) is 11.0 Å². The highest BCUT2D eigenvalue weighted by molar-refractivity contribution is 7.80. The van der Waals surface area contributed by atoms with Gasteiger partial charge in [0, 0.05) is 6.04 Å². The van der Waals surface area contributed by atoms with Crippen LogP contribution < -0.4 is 5.73 Å². The number of thiocarbonyl (C=S) groups is 1. The zero-order chi connectivity index (χ0) is 10.6. The van der Waals surface area contributed by atoms with Crippen LogP contribution in [0.2, 0.25) is 0 Å². The molecule has 0 saturated carbocycles. The van der Waals surface area contributed by atoms with E-state index in [0.29, 0.717) is 11.0 Å². The van der Waals surface area contributed by atoms with E-state index in [2.05, 4.69) is 39.6 Å². The first-order valence-electron chi connectivity index (χ1n) is 4.87. The van der Waals surface area contributed by atoms with Crippen molar-refractivity contribution in [2.75, 3.05) is 7.05 Å². The van der Waals surface area contributed by atoms with E-state index in [1.54, 1.807) is 0 Å². The van der Waals surface area contributed by atoms with Gasteiger partial charge in [-0.2, -0.15) is 0 Å². The van der Waals surface area contributed by atoms with Crippen LogP contribution >= 0.6 is 12.2 Å². The van der Waals surface area contributed by atoms with Crippen molar-refractivity contribution >= 4 is 17.2 Å². The van der Waals surface area contributed by atoms with Gasteiger partial charge >= 0.3 is 0 Å². The second-order valence-corrected chi connectivity index (χ2v) is 4.69. The fraction of sp³-hybridized carbons (Fsp3) is 0.900. The molecule has 3 heteroatoms. The Balaban J connectivity index is 4.08. The molecule has 13 heavy (non-hydrogen) atoms. The largest absolute Gasteiger partial charge is 0.392 e. The lowest BCUT2D eigenvalue weighted by atomic mass is 10.0. The van der Waals surface area contributed by atoms with E-state index >= 15 is 0 Å². The Hall–Kier alpha value is -0.150. The van der Waals surface area contributed by atoms with Crippen molar-refractivity contribution < 1.29 is 0 Å². The Labute approximate surface area is 87.5 Å². The molecule has 0 radical (unpaired) electrons. The molecule has 0 aromatic rings. The Bertz CT molecular complexity index is 168. The molecule has 0 aromatic heterocycles. The van der Waals surface area contributed by atoms with Gasteiger partial charge in [0.1, 0.15) is 0 Å².